The monoisotopic (exact) mass is 449 g/mol. The van der Waals surface area contributed by atoms with E-state index in [2.05, 4.69) is 15.0 Å². The molecule has 1 aliphatic rings. The maximum Gasteiger partial charge on any atom is 0.241 e. The lowest BCUT2D eigenvalue weighted by atomic mass is 9.98. The summed E-state index contributed by atoms with van der Waals surface area (Å²) < 4.78 is 39.0. The number of aliphatic hydroxyl groups excluding tert-OH is 1. The number of methoxy groups -OCH3 is 1. The Bertz CT molecular complexity index is 970. The van der Waals surface area contributed by atoms with Gasteiger partial charge in [-0.2, -0.15) is 0 Å². The van der Waals surface area contributed by atoms with Gasteiger partial charge in [-0.05, 0) is 42.7 Å². The van der Waals surface area contributed by atoms with Gasteiger partial charge in [-0.25, -0.2) is 13.1 Å². The molecule has 0 bridgehead atoms. The van der Waals surface area contributed by atoms with Gasteiger partial charge in [0.2, 0.25) is 15.9 Å². The number of hydrogen-bond donors (Lipinski definition) is 3. The molecule has 10 heteroatoms. The molecule has 1 fully saturated rings. The average molecular weight is 450 g/mol. The molecule has 1 saturated heterocycles. The van der Waals surface area contributed by atoms with E-state index in [1.807, 2.05) is 12.1 Å². The highest BCUT2D eigenvalue weighted by Crippen LogP contribution is 2.24. The number of rotatable bonds is 9. The number of aromatic nitrogens is 1. The number of benzene rings is 1. The van der Waals surface area contributed by atoms with Crippen LogP contribution in [0.3, 0.4) is 0 Å². The molecular formula is C21H27N3O6S. The number of carbonyl (C=O) groups is 1. The fourth-order valence-corrected chi connectivity index (χ4v) is 4.77. The van der Waals surface area contributed by atoms with E-state index < -0.39 is 28.3 Å². The Morgan fingerprint density at radius 3 is 2.74 bits per heavy atom. The number of aliphatic hydroxyl groups is 1. The minimum absolute atomic E-state index is 0.0705. The molecule has 1 aromatic carbocycles. The van der Waals surface area contributed by atoms with Crippen LogP contribution in [0.1, 0.15) is 24.8 Å². The zero-order valence-electron chi connectivity index (χ0n) is 17.2. The summed E-state index contributed by atoms with van der Waals surface area (Å²) in [5, 5.41) is 12.6. The zero-order chi connectivity index (χ0) is 22.3. The Morgan fingerprint density at radius 1 is 1.26 bits per heavy atom. The molecule has 2 aromatic rings. The van der Waals surface area contributed by atoms with Gasteiger partial charge in [0.1, 0.15) is 5.75 Å². The summed E-state index contributed by atoms with van der Waals surface area (Å²) in [6, 6.07) is 9.18. The number of nitrogens with zero attached hydrogens (tertiary/aromatic N) is 1. The van der Waals surface area contributed by atoms with E-state index in [-0.39, 0.29) is 23.8 Å². The van der Waals surface area contributed by atoms with E-state index in [1.54, 1.807) is 24.5 Å². The van der Waals surface area contributed by atoms with E-state index >= 15 is 0 Å². The van der Waals surface area contributed by atoms with Gasteiger partial charge in [0.25, 0.3) is 0 Å². The molecule has 3 N–H and O–H groups in total. The standard InChI is InChI=1S/C21H27N3O6S/c1-29-16-3-2-4-18(11-16)31(27,28)24-19-6-5-17(30-20(19)14-25)12-21(26)23-13-15-7-9-22-10-8-15/h2-4,7-11,17,19-20,24-25H,5-6,12-14H2,1H3,(H,23,26)/t17-,19+,20-/m1/s1. The van der Waals surface area contributed by atoms with E-state index in [0.29, 0.717) is 25.1 Å². The molecule has 1 aliphatic heterocycles. The third-order valence-corrected chi connectivity index (χ3v) is 6.59. The predicted molar refractivity (Wildman–Crippen MR) is 113 cm³/mol. The Morgan fingerprint density at radius 2 is 2.03 bits per heavy atom. The summed E-state index contributed by atoms with van der Waals surface area (Å²) in [6.07, 6.45) is 3.24. The molecule has 9 nitrogen and oxygen atoms in total. The number of sulfonamides is 1. The van der Waals surface area contributed by atoms with Crippen LogP contribution in [-0.4, -0.2) is 56.4 Å². The number of hydrogen-bond acceptors (Lipinski definition) is 7. The van der Waals surface area contributed by atoms with Crippen LogP contribution in [0.25, 0.3) is 0 Å². The van der Waals surface area contributed by atoms with Crippen LogP contribution in [0.15, 0.2) is 53.7 Å². The number of nitrogens with one attached hydrogen (secondary N) is 2. The summed E-state index contributed by atoms with van der Waals surface area (Å²) in [4.78, 5) is 16.2. The van der Waals surface area contributed by atoms with E-state index in [9.17, 15) is 18.3 Å². The van der Waals surface area contributed by atoms with Gasteiger partial charge in [-0.15, -0.1) is 0 Å². The smallest absolute Gasteiger partial charge is 0.241 e. The van der Waals surface area contributed by atoms with E-state index in [0.717, 1.165) is 5.56 Å². The first-order valence-electron chi connectivity index (χ1n) is 9.99. The molecule has 3 atom stereocenters. The van der Waals surface area contributed by atoms with Crippen molar-refractivity contribution in [3.8, 4) is 5.75 Å². The molecule has 1 amide bonds. The number of ether oxygens (including phenoxy) is 2. The van der Waals surface area contributed by atoms with Crippen LogP contribution >= 0.6 is 0 Å². The second-order valence-electron chi connectivity index (χ2n) is 7.30. The second kappa shape index (κ2) is 10.7. The van der Waals surface area contributed by atoms with Crippen molar-refractivity contribution in [2.45, 2.75) is 49.0 Å². The Kier molecular flexibility index (Phi) is 7.97. The number of amides is 1. The van der Waals surface area contributed by atoms with Crippen LogP contribution < -0.4 is 14.8 Å². The highest BCUT2D eigenvalue weighted by molar-refractivity contribution is 7.89. The van der Waals surface area contributed by atoms with Crippen molar-refractivity contribution in [1.82, 2.24) is 15.0 Å². The lowest BCUT2D eigenvalue weighted by Gasteiger charge is -2.35. The normalized spacial score (nSPS) is 21.4. The molecule has 31 heavy (non-hydrogen) atoms. The van der Waals surface area contributed by atoms with Gasteiger partial charge in [-0.3, -0.25) is 9.78 Å². The fraction of sp³-hybridized carbons (Fsp3) is 0.429. The molecule has 3 rings (SSSR count). The lowest BCUT2D eigenvalue weighted by molar-refractivity contribution is -0.130. The Balaban J connectivity index is 1.54. The molecule has 1 aromatic heterocycles. The number of carbonyl (C=O) groups excluding carboxylic acids is 1. The second-order valence-corrected chi connectivity index (χ2v) is 9.01. The molecule has 0 spiro atoms. The predicted octanol–water partition coefficient (Wildman–Crippen LogP) is 0.983. The van der Waals surface area contributed by atoms with Gasteiger partial charge in [-0.1, -0.05) is 6.07 Å². The Labute approximate surface area is 181 Å². The first-order valence-corrected chi connectivity index (χ1v) is 11.5. The van der Waals surface area contributed by atoms with Crippen molar-refractivity contribution < 1.29 is 27.8 Å². The summed E-state index contributed by atoms with van der Waals surface area (Å²) in [6.45, 7) is 0.0287. The van der Waals surface area contributed by atoms with Crippen molar-refractivity contribution in [2.24, 2.45) is 0 Å². The molecule has 0 saturated carbocycles. The van der Waals surface area contributed by atoms with Crippen molar-refractivity contribution in [3.63, 3.8) is 0 Å². The summed E-state index contributed by atoms with van der Waals surface area (Å²) >= 11 is 0. The highest BCUT2D eigenvalue weighted by Gasteiger charge is 2.34. The Hall–Kier alpha value is -2.53. The molecule has 0 unspecified atom stereocenters. The maximum atomic E-state index is 12.7. The van der Waals surface area contributed by atoms with Crippen molar-refractivity contribution in [1.29, 1.82) is 0 Å². The summed E-state index contributed by atoms with van der Waals surface area (Å²) in [5.41, 5.74) is 0.938. The van der Waals surface area contributed by atoms with Gasteiger partial charge in [0.05, 0.1) is 43.3 Å². The van der Waals surface area contributed by atoms with Crippen LogP contribution in [0.5, 0.6) is 5.75 Å². The van der Waals surface area contributed by atoms with Crippen molar-refractivity contribution in [3.05, 3.63) is 54.4 Å². The molecule has 2 heterocycles. The molecule has 168 valence electrons. The molecule has 0 radical (unpaired) electrons. The van der Waals surface area contributed by atoms with Crippen LogP contribution in [-0.2, 0) is 26.1 Å². The average Bonchev–Trinajstić information content (AvgIpc) is 2.79. The van der Waals surface area contributed by atoms with Gasteiger partial charge in [0.15, 0.2) is 0 Å². The quantitative estimate of drug-likeness (QED) is 0.521. The summed E-state index contributed by atoms with van der Waals surface area (Å²) in [5.74, 6) is 0.258. The van der Waals surface area contributed by atoms with E-state index in [4.69, 9.17) is 9.47 Å². The third-order valence-electron chi connectivity index (χ3n) is 5.11. The van der Waals surface area contributed by atoms with Crippen LogP contribution in [0.2, 0.25) is 0 Å². The fourth-order valence-electron chi connectivity index (χ4n) is 3.43. The zero-order valence-corrected chi connectivity index (χ0v) is 18.0. The number of pyridine rings is 1. The topological polar surface area (TPSA) is 127 Å². The van der Waals surface area contributed by atoms with Gasteiger partial charge < -0.3 is 19.9 Å². The molecule has 0 aliphatic carbocycles. The van der Waals surface area contributed by atoms with Gasteiger partial charge in [0, 0.05) is 25.0 Å². The largest absolute Gasteiger partial charge is 0.497 e. The minimum Gasteiger partial charge on any atom is -0.497 e. The molecular weight excluding hydrogens is 422 g/mol. The maximum absolute atomic E-state index is 12.7. The first-order chi connectivity index (χ1) is 14.9. The van der Waals surface area contributed by atoms with Crippen molar-refractivity contribution in [2.75, 3.05) is 13.7 Å². The SMILES string of the molecule is COc1cccc(S(=O)(=O)N[C@H]2CC[C@H](CC(=O)NCc3ccncc3)O[C@@H]2CO)c1. The highest BCUT2D eigenvalue weighted by atomic mass is 32.2. The van der Waals surface area contributed by atoms with Gasteiger partial charge >= 0.3 is 0 Å². The third kappa shape index (κ3) is 6.47. The lowest BCUT2D eigenvalue weighted by Crippen LogP contribution is -2.51. The van der Waals surface area contributed by atoms with Crippen molar-refractivity contribution >= 4 is 15.9 Å². The first kappa shape index (κ1) is 23.1. The minimum atomic E-state index is -3.82. The summed E-state index contributed by atoms with van der Waals surface area (Å²) in [7, 11) is -2.36. The van der Waals surface area contributed by atoms with Crippen LogP contribution in [0, 0.1) is 0 Å². The van der Waals surface area contributed by atoms with Crippen LogP contribution in [0.4, 0.5) is 0 Å². The van der Waals surface area contributed by atoms with E-state index in [1.165, 1.54) is 19.2 Å².